The average Bonchev–Trinajstić information content (AvgIpc) is 2.67. The molecule has 3 heteroatoms. The number of rotatable bonds is 6. The second kappa shape index (κ2) is 6.00. The van der Waals surface area contributed by atoms with E-state index < -0.39 is 0 Å². The Kier molecular flexibility index (Phi) is 4.92. The first-order chi connectivity index (χ1) is 6.83. The lowest BCUT2D eigenvalue weighted by Crippen LogP contribution is -2.35. The number of nitrogens with zero attached hydrogens (tertiary/aromatic N) is 1. The Balaban J connectivity index is 2.12. The molecule has 0 aromatic carbocycles. The second-order valence-electron chi connectivity index (χ2n) is 4.30. The Bertz CT molecular complexity index is 192. The third-order valence-electron chi connectivity index (χ3n) is 3.14. The highest BCUT2D eigenvalue weighted by Gasteiger charge is 2.32. The van der Waals surface area contributed by atoms with Crippen molar-refractivity contribution in [2.75, 3.05) is 19.7 Å². The molecular weight excluding hydrogens is 176 g/mol. The molecular formula is C11H20N2O. The van der Waals surface area contributed by atoms with E-state index in [4.69, 9.17) is 5.26 Å². The first-order valence-corrected chi connectivity index (χ1v) is 5.51. The van der Waals surface area contributed by atoms with Crippen molar-refractivity contribution in [2.24, 2.45) is 5.41 Å². The highest BCUT2D eigenvalue weighted by atomic mass is 16.3. The van der Waals surface area contributed by atoms with Gasteiger partial charge in [-0.25, -0.2) is 0 Å². The maximum Gasteiger partial charge on any atom is 0.0622 e. The number of hydrogen-bond donors (Lipinski definition) is 2. The van der Waals surface area contributed by atoms with Crippen LogP contribution in [0.3, 0.4) is 0 Å². The lowest BCUT2D eigenvalue weighted by molar-refractivity contribution is 0.128. The Labute approximate surface area is 86.1 Å². The molecule has 1 rings (SSSR count). The van der Waals surface area contributed by atoms with Gasteiger partial charge in [0, 0.05) is 25.0 Å². The largest absolute Gasteiger partial charge is 0.396 e. The molecule has 0 heterocycles. The van der Waals surface area contributed by atoms with Gasteiger partial charge in [0.15, 0.2) is 0 Å². The maximum absolute atomic E-state index is 9.33. The van der Waals surface area contributed by atoms with Gasteiger partial charge in [0.05, 0.1) is 6.07 Å². The standard InChI is InChI=1S/C11H20N2O/c12-7-3-4-8-13-9-11(10-14)5-1-2-6-11/h13-14H,1-6,8-10H2. The molecule has 0 bridgehead atoms. The number of nitrogens with one attached hydrogen (secondary N) is 1. The summed E-state index contributed by atoms with van der Waals surface area (Å²) in [7, 11) is 0. The van der Waals surface area contributed by atoms with Crippen molar-refractivity contribution in [3.8, 4) is 6.07 Å². The molecule has 1 aliphatic carbocycles. The van der Waals surface area contributed by atoms with Crippen molar-refractivity contribution in [3.05, 3.63) is 0 Å². The summed E-state index contributed by atoms with van der Waals surface area (Å²) in [6, 6.07) is 2.13. The van der Waals surface area contributed by atoms with Gasteiger partial charge in [-0.1, -0.05) is 12.8 Å². The Morgan fingerprint density at radius 2 is 2.07 bits per heavy atom. The minimum atomic E-state index is 0.145. The third-order valence-corrected chi connectivity index (χ3v) is 3.14. The van der Waals surface area contributed by atoms with Crippen LogP contribution in [0.25, 0.3) is 0 Å². The van der Waals surface area contributed by atoms with Gasteiger partial charge in [-0.05, 0) is 25.8 Å². The minimum absolute atomic E-state index is 0.145. The van der Waals surface area contributed by atoms with Crippen LogP contribution in [-0.4, -0.2) is 24.8 Å². The molecule has 80 valence electrons. The molecule has 0 aliphatic heterocycles. The zero-order chi connectivity index (χ0) is 10.3. The zero-order valence-corrected chi connectivity index (χ0v) is 8.76. The van der Waals surface area contributed by atoms with Crippen molar-refractivity contribution in [1.82, 2.24) is 5.32 Å². The van der Waals surface area contributed by atoms with Gasteiger partial charge in [0.25, 0.3) is 0 Å². The lowest BCUT2D eigenvalue weighted by Gasteiger charge is -2.26. The summed E-state index contributed by atoms with van der Waals surface area (Å²) < 4.78 is 0. The number of unbranched alkanes of at least 4 members (excludes halogenated alkanes) is 1. The van der Waals surface area contributed by atoms with Crippen molar-refractivity contribution in [3.63, 3.8) is 0 Å². The summed E-state index contributed by atoms with van der Waals surface area (Å²) in [5.74, 6) is 0. The van der Waals surface area contributed by atoms with Crippen LogP contribution in [0, 0.1) is 16.7 Å². The predicted molar refractivity (Wildman–Crippen MR) is 55.7 cm³/mol. The van der Waals surface area contributed by atoms with Gasteiger partial charge in [-0.3, -0.25) is 0 Å². The van der Waals surface area contributed by atoms with E-state index in [1.807, 2.05) is 0 Å². The molecule has 0 aromatic rings. The van der Waals surface area contributed by atoms with E-state index in [-0.39, 0.29) is 5.41 Å². The molecule has 1 saturated carbocycles. The van der Waals surface area contributed by atoms with Crippen LogP contribution in [0.15, 0.2) is 0 Å². The lowest BCUT2D eigenvalue weighted by atomic mass is 9.87. The van der Waals surface area contributed by atoms with Crippen LogP contribution in [0.4, 0.5) is 0 Å². The molecule has 0 atom stereocenters. The molecule has 2 N–H and O–H groups in total. The van der Waals surface area contributed by atoms with Gasteiger partial charge < -0.3 is 10.4 Å². The first kappa shape index (κ1) is 11.5. The summed E-state index contributed by atoms with van der Waals surface area (Å²) in [5.41, 5.74) is 0.145. The fraction of sp³-hybridized carbons (Fsp3) is 0.909. The van der Waals surface area contributed by atoms with E-state index in [0.717, 1.165) is 32.4 Å². The molecule has 0 spiro atoms. The third kappa shape index (κ3) is 3.28. The molecule has 14 heavy (non-hydrogen) atoms. The summed E-state index contributed by atoms with van der Waals surface area (Å²) in [6.45, 7) is 2.11. The van der Waals surface area contributed by atoms with E-state index in [1.54, 1.807) is 0 Å². The Morgan fingerprint density at radius 1 is 1.36 bits per heavy atom. The zero-order valence-electron chi connectivity index (χ0n) is 8.76. The summed E-state index contributed by atoms with van der Waals surface area (Å²) in [6.07, 6.45) is 6.33. The summed E-state index contributed by atoms with van der Waals surface area (Å²) in [4.78, 5) is 0. The number of aliphatic hydroxyl groups excluding tert-OH is 1. The highest BCUT2D eigenvalue weighted by Crippen LogP contribution is 2.36. The van der Waals surface area contributed by atoms with Gasteiger partial charge in [0.1, 0.15) is 0 Å². The van der Waals surface area contributed by atoms with E-state index >= 15 is 0 Å². The van der Waals surface area contributed by atoms with Crippen LogP contribution in [0.1, 0.15) is 38.5 Å². The van der Waals surface area contributed by atoms with Gasteiger partial charge in [0.2, 0.25) is 0 Å². The Morgan fingerprint density at radius 3 is 2.64 bits per heavy atom. The average molecular weight is 196 g/mol. The number of hydrogen-bond acceptors (Lipinski definition) is 3. The molecule has 0 aromatic heterocycles. The summed E-state index contributed by atoms with van der Waals surface area (Å²) >= 11 is 0. The van der Waals surface area contributed by atoms with Crippen molar-refractivity contribution in [1.29, 1.82) is 5.26 Å². The SMILES string of the molecule is N#CCCCNCC1(CO)CCCC1. The van der Waals surface area contributed by atoms with Crippen LogP contribution < -0.4 is 5.32 Å². The van der Waals surface area contributed by atoms with E-state index in [9.17, 15) is 5.11 Å². The Hall–Kier alpha value is -0.590. The van der Waals surface area contributed by atoms with Crippen LogP contribution in [0.2, 0.25) is 0 Å². The molecule has 0 saturated heterocycles. The summed E-state index contributed by atoms with van der Waals surface area (Å²) in [5, 5.41) is 21.0. The van der Waals surface area contributed by atoms with Crippen molar-refractivity contribution in [2.45, 2.75) is 38.5 Å². The smallest absolute Gasteiger partial charge is 0.0622 e. The van der Waals surface area contributed by atoms with Crippen LogP contribution >= 0.6 is 0 Å². The quantitative estimate of drug-likeness (QED) is 0.632. The molecule has 0 radical (unpaired) electrons. The first-order valence-electron chi connectivity index (χ1n) is 5.51. The molecule has 0 unspecified atom stereocenters. The number of aliphatic hydroxyl groups is 1. The fourth-order valence-corrected chi connectivity index (χ4v) is 2.16. The monoisotopic (exact) mass is 196 g/mol. The van der Waals surface area contributed by atoms with E-state index in [2.05, 4.69) is 11.4 Å². The molecule has 3 nitrogen and oxygen atoms in total. The van der Waals surface area contributed by atoms with Crippen molar-refractivity contribution < 1.29 is 5.11 Å². The number of nitriles is 1. The topological polar surface area (TPSA) is 56.0 Å². The minimum Gasteiger partial charge on any atom is -0.396 e. The van der Waals surface area contributed by atoms with E-state index in [0.29, 0.717) is 13.0 Å². The van der Waals surface area contributed by atoms with Gasteiger partial charge in [-0.2, -0.15) is 5.26 Å². The van der Waals surface area contributed by atoms with Gasteiger partial charge >= 0.3 is 0 Å². The molecule has 0 amide bonds. The fourth-order valence-electron chi connectivity index (χ4n) is 2.16. The van der Waals surface area contributed by atoms with Gasteiger partial charge in [-0.15, -0.1) is 0 Å². The second-order valence-corrected chi connectivity index (χ2v) is 4.30. The van der Waals surface area contributed by atoms with Crippen LogP contribution in [-0.2, 0) is 0 Å². The van der Waals surface area contributed by atoms with Crippen LogP contribution in [0.5, 0.6) is 0 Å². The molecule has 1 aliphatic rings. The maximum atomic E-state index is 9.33. The van der Waals surface area contributed by atoms with E-state index in [1.165, 1.54) is 12.8 Å². The predicted octanol–water partition coefficient (Wildman–Crippen LogP) is 1.43. The molecule has 1 fully saturated rings. The normalized spacial score (nSPS) is 19.4. The highest BCUT2D eigenvalue weighted by molar-refractivity contribution is 4.86. The van der Waals surface area contributed by atoms with Crippen molar-refractivity contribution >= 4 is 0 Å².